The molecule has 86 valence electrons. The second kappa shape index (κ2) is 5.69. The van der Waals surface area contributed by atoms with Gasteiger partial charge in [-0.25, -0.2) is 0 Å². The van der Waals surface area contributed by atoms with Crippen molar-refractivity contribution in [3.63, 3.8) is 0 Å². The summed E-state index contributed by atoms with van der Waals surface area (Å²) in [5.74, 6) is 0.456. The zero-order chi connectivity index (χ0) is 11.3. The average Bonchev–Trinajstić information content (AvgIpc) is 2.52. The summed E-state index contributed by atoms with van der Waals surface area (Å²) in [5.41, 5.74) is 0.823. The lowest BCUT2D eigenvalue weighted by Gasteiger charge is -2.09. The van der Waals surface area contributed by atoms with E-state index < -0.39 is 0 Å². The van der Waals surface area contributed by atoms with E-state index in [9.17, 15) is 10.2 Å². The molecule has 3 N–H and O–H groups in total. The molecular formula is C12H21NO2. The second-order valence-corrected chi connectivity index (χ2v) is 4.21. The van der Waals surface area contributed by atoms with E-state index in [2.05, 4.69) is 18.8 Å². The van der Waals surface area contributed by atoms with Gasteiger partial charge in [0.15, 0.2) is 11.8 Å². The summed E-state index contributed by atoms with van der Waals surface area (Å²) in [4.78, 5) is 2.50. The third-order valence-electron chi connectivity index (χ3n) is 2.83. The van der Waals surface area contributed by atoms with Gasteiger partial charge >= 0.3 is 0 Å². The zero-order valence-electron chi connectivity index (χ0n) is 9.58. The Balaban J connectivity index is 2.39. The fourth-order valence-electron chi connectivity index (χ4n) is 1.85. The van der Waals surface area contributed by atoms with Gasteiger partial charge in [-0.3, -0.25) is 4.98 Å². The van der Waals surface area contributed by atoms with Crippen LogP contribution in [0.3, 0.4) is 0 Å². The van der Waals surface area contributed by atoms with Gasteiger partial charge in [0.05, 0.1) is 0 Å². The lowest BCUT2D eigenvalue weighted by atomic mass is 9.96. The molecule has 0 aliphatic rings. The van der Waals surface area contributed by atoms with Crippen LogP contribution in [-0.4, -0.2) is 15.2 Å². The van der Waals surface area contributed by atoms with Gasteiger partial charge < -0.3 is 10.2 Å². The first-order valence-electron chi connectivity index (χ1n) is 5.76. The fraction of sp³-hybridized carbons (Fsp3) is 0.667. The first-order valence-corrected chi connectivity index (χ1v) is 5.76. The monoisotopic (exact) mass is 211 g/mol. The summed E-state index contributed by atoms with van der Waals surface area (Å²) in [6.07, 6.45) is 6.00. The number of aromatic hydroxyl groups is 2. The molecule has 1 rings (SSSR count). The second-order valence-electron chi connectivity index (χ2n) is 4.21. The summed E-state index contributed by atoms with van der Waals surface area (Å²) >= 11 is 0. The van der Waals surface area contributed by atoms with Gasteiger partial charge in [0.2, 0.25) is 0 Å². The highest BCUT2D eigenvalue weighted by atomic mass is 16.3. The predicted molar refractivity (Wildman–Crippen MR) is 61.3 cm³/mol. The minimum Gasteiger partial charge on any atom is -0.495 e. The van der Waals surface area contributed by atoms with Crippen LogP contribution in [0.1, 0.15) is 57.4 Å². The Hall–Kier alpha value is -1.12. The molecule has 0 aliphatic carbocycles. The number of unbranched alkanes of at least 4 members (excludes halogenated alkanes) is 3. The molecule has 1 unspecified atom stereocenters. The third-order valence-corrected chi connectivity index (χ3v) is 2.83. The molecule has 0 fully saturated rings. The van der Waals surface area contributed by atoms with Crippen LogP contribution in [0.4, 0.5) is 0 Å². The maximum atomic E-state index is 9.49. The number of hydrogen-bond donors (Lipinski definition) is 3. The van der Waals surface area contributed by atoms with Gasteiger partial charge in [0.1, 0.15) is 0 Å². The number of nitrogens with one attached hydrogen (secondary N) is 1. The minimum atomic E-state index is 0.0444. The zero-order valence-corrected chi connectivity index (χ0v) is 9.58. The van der Waals surface area contributed by atoms with Crippen molar-refractivity contribution in [2.75, 3.05) is 0 Å². The molecule has 0 bridgehead atoms. The molecule has 0 saturated heterocycles. The van der Waals surface area contributed by atoms with Crippen LogP contribution in [0.2, 0.25) is 0 Å². The minimum absolute atomic E-state index is 0.0444. The van der Waals surface area contributed by atoms with Crippen LogP contribution in [-0.2, 0) is 0 Å². The molecule has 1 aromatic heterocycles. The molecule has 1 heterocycles. The number of aromatic amines is 1. The highest BCUT2D eigenvalue weighted by molar-refractivity contribution is 5.35. The van der Waals surface area contributed by atoms with Gasteiger partial charge in [0, 0.05) is 11.6 Å². The summed E-state index contributed by atoms with van der Waals surface area (Å²) < 4.78 is 0. The number of H-pyrrole nitrogens is 1. The lowest BCUT2D eigenvalue weighted by Crippen LogP contribution is -1.92. The van der Waals surface area contributed by atoms with E-state index in [-0.39, 0.29) is 11.8 Å². The molecule has 0 aliphatic heterocycles. The van der Waals surface area contributed by atoms with Crippen LogP contribution >= 0.6 is 0 Å². The number of aromatic nitrogens is 1. The fourth-order valence-corrected chi connectivity index (χ4v) is 1.85. The first kappa shape index (κ1) is 12.0. The molecule has 3 heteroatoms. The Morgan fingerprint density at radius 1 is 1.27 bits per heavy atom. The van der Waals surface area contributed by atoms with Crippen LogP contribution in [0.5, 0.6) is 11.8 Å². The molecular weight excluding hydrogens is 190 g/mol. The van der Waals surface area contributed by atoms with Crippen molar-refractivity contribution in [3.05, 3.63) is 11.6 Å². The van der Waals surface area contributed by atoms with Crippen molar-refractivity contribution < 1.29 is 10.2 Å². The Morgan fingerprint density at radius 2 is 2.00 bits per heavy atom. The highest BCUT2D eigenvalue weighted by Gasteiger charge is 2.13. The summed E-state index contributed by atoms with van der Waals surface area (Å²) in [5, 5.41) is 18.7. The van der Waals surface area contributed by atoms with E-state index in [4.69, 9.17) is 0 Å². The molecule has 0 aromatic carbocycles. The number of hydrogen-bond acceptors (Lipinski definition) is 2. The van der Waals surface area contributed by atoms with E-state index >= 15 is 0 Å². The Kier molecular flexibility index (Phi) is 4.53. The average molecular weight is 211 g/mol. The molecule has 0 radical (unpaired) electrons. The van der Waals surface area contributed by atoms with Gasteiger partial charge in [-0.1, -0.05) is 39.5 Å². The van der Waals surface area contributed by atoms with Crippen molar-refractivity contribution in [1.82, 2.24) is 4.98 Å². The molecule has 0 spiro atoms. The van der Waals surface area contributed by atoms with E-state index in [1.54, 1.807) is 6.07 Å². The largest absolute Gasteiger partial charge is 0.495 e. The Morgan fingerprint density at radius 3 is 2.53 bits per heavy atom. The van der Waals surface area contributed by atoms with Crippen molar-refractivity contribution in [2.24, 2.45) is 0 Å². The summed E-state index contributed by atoms with van der Waals surface area (Å²) in [7, 11) is 0. The number of rotatable bonds is 6. The molecule has 0 saturated carbocycles. The SMILES string of the molecule is CCCCCCC(C)c1cc(O)[nH]c1O. The molecule has 1 atom stereocenters. The quantitative estimate of drug-likeness (QED) is 0.631. The highest BCUT2D eigenvalue weighted by Crippen LogP contribution is 2.31. The smallest absolute Gasteiger partial charge is 0.194 e. The van der Waals surface area contributed by atoms with Gasteiger partial charge in [-0.2, -0.15) is 0 Å². The Bertz CT molecular complexity index is 294. The van der Waals surface area contributed by atoms with Crippen LogP contribution in [0.15, 0.2) is 6.07 Å². The third kappa shape index (κ3) is 3.50. The topological polar surface area (TPSA) is 56.2 Å². The lowest BCUT2D eigenvalue weighted by molar-refractivity contribution is 0.420. The summed E-state index contributed by atoms with van der Waals surface area (Å²) in [6.45, 7) is 4.27. The maximum Gasteiger partial charge on any atom is 0.194 e. The van der Waals surface area contributed by atoms with Gasteiger partial charge in [0.25, 0.3) is 0 Å². The van der Waals surface area contributed by atoms with Crippen molar-refractivity contribution in [1.29, 1.82) is 0 Å². The van der Waals surface area contributed by atoms with Gasteiger partial charge in [-0.15, -0.1) is 0 Å². The van der Waals surface area contributed by atoms with Crippen LogP contribution in [0, 0.1) is 0 Å². The standard InChI is InChI=1S/C12H21NO2/c1-3-4-5-6-7-9(2)10-8-11(14)13-12(10)15/h8-9,13-15H,3-7H2,1-2H3. The Labute approximate surface area is 91.1 Å². The van der Waals surface area contributed by atoms with Crippen molar-refractivity contribution in [3.8, 4) is 11.8 Å². The molecule has 3 nitrogen and oxygen atoms in total. The van der Waals surface area contributed by atoms with Gasteiger partial charge in [-0.05, 0) is 12.3 Å². The van der Waals surface area contributed by atoms with E-state index in [1.807, 2.05) is 0 Å². The maximum absolute atomic E-state index is 9.49. The first-order chi connectivity index (χ1) is 7.15. The van der Waals surface area contributed by atoms with Crippen LogP contribution in [0.25, 0.3) is 0 Å². The normalized spacial score (nSPS) is 12.9. The summed E-state index contributed by atoms with van der Waals surface area (Å²) in [6, 6.07) is 1.61. The molecule has 15 heavy (non-hydrogen) atoms. The molecule has 0 amide bonds. The molecule has 1 aromatic rings. The van der Waals surface area contributed by atoms with E-state index in [1.165, 1.54) is 25.7 Å². The van der Waals surface area contributed by atoms with Crippen molar-refractivity contribution >= 4 is 0 Å². The van der Waals surface area contributed by atoms with E-state index in [0.29, 0.717) is 5.92 Å². The predicted octanol–water partition coefficient (Wildman–Crippen LogP) is 3.50. The van der Waals surface area contributed by atoms with E-state index in [0.717, 1.165) is 12.0 Å². The van der Waals surface area contributed by atoms with Crippen molar-refractivity contribution in [2.45, 2.75) is 51.9 Å². The van der Waals surface area contributed by atoms with Crippen LogP contribution < -0.4 is 0 Å².